The average molecular weight is 497 g/mol. The maximum Gasteiger partial charge on any atom is 0.330 e. The second-order valence-electron chi connectivity index (χ2n) is 8.02. The normalized spacial score (nSPS) is 14.2. The summed E-state index contributed by atoms with van der Waals surface area (Å²) in [5.41, 5.74) is 1.57. The Morgan fingerprint density at radius 2 is 1.19 bits per heavy atom. The molecule has 2 aromatic carbocycles. The molecule has 9 nitrogen and oxygen atoms in total. The minimum Gasteiger partial charge on any atom is -0.508 e. The van der Waals surface area contributed by atoms with Crippen molar-refractivity contribution in [1.29, 1.82) is 0 Å². The number of unbranched alkanes of at least 4 members (excludes halogenated alkanes) is 1. The summed E-state index contributed by atoms with van der Waals surface area (Å²) in [5, 5.41) is 28.1. The van der Waals surface area contributed by atoms with E-state index in [0.29, 0.717) is 17.8 Å². The van der Waals surface area contributed by atoms with E-state index in [1.165, 1.54) is 36.0 Å². The molecule has 1 aliphatic heterocycles. The Hall–Kier alpha value is -4.40. The van der Waals surface area contributed by atoms with Crippen molar-refractivity contribution in [2.24, 2.45) is 5.92 Å². The van der Waals surface area contributed by atoms with Gasteiger partial charge in [-0.15, -0.1) is 0 Å². The molecule has 2 amide bonds. The zero-order valence-corrected chi connectivity index (χ0v) is 20.7. The summed E-state index contributed by atoms with van der Waals surface area (Å²) >= 11 is 0. The summed E-state index contributed by atoms with van der Waals surface area (Å²) in [5.74, 6) is -2.83. The number of hydrazine groups is 1. The van der Waals surface area contributed by atoms with Crippen LogP contribution >= 0.6 is 0 Å². The SMILES string of the molecule is C=C(C)C(=O)O.C=C(C)C(=O)O.CCCCC1C(=O)N(c2ccccc2)N(c2ccc(O)cc2)C1=O. The second kappa shape index (κ2) is 14.1. The molecule has 0 aromatic heterocycles. The second-order valence-corrected chi connectivity index (χ2v) is 8.02. The van der Waals surface area contributed by atoms with Crippen molar-refractivity contribution in [3.8, 4) is 5.75 Å². The van der Waals surface area contributed by atoms with Crippen molar-refractivity contribution in [3.63, 3.8) is 0 Å². The lowest BCUT2D eigenvalue weighted by Crippen LogP contribution is -2.41. The van der Waals surface area contributed by atoms with Gasteiger partial charge in [-0.2, -0.15) is 0 Å². The highest BCUT2D eigenvalue weighted by atomic mass is 16.4. The van der Waals surface area contributed by atoms with Crippen LogP contribution < -0.4 is 10.0 Å². The zero-order chi connectivity index (χ0) is 27.4. The lowest BCUT2D eigenvalue weighted by Gasteiger charge is -2.27. The summed E-state index contributed by atoms with van der Waals surface area (Å²) in [6, 6.07) is 15.4. The van der Waals surface area contributed by atoms with Crippen LogP contribution in [0.2, 0.25) is 0 Å². The van der Waals surface area contributed by atoms with E-state index in [9.17, 15) is 24.3 Å². The first kappa shape index (κ1) is 29.6. The number of carboxylic acid groups (broad SMARTS) is 2. The number of carbonyl (C=O) groups excluding carboxylic acids is 2. The van der Waals surface area contributed by atoms with E-state index in [0.717, 1.165) is 12.8 Å². The summed E-state index contributed by atoms with van der Waals surface area (Å²) in [4.78, 5) is 45.0. The fourth-order valence-corrected chi connectivity index (χ4v) is 2.90. The molecule has 1 fully saturated rings. The molecule has 0 aliphatic carbocycles. The lowest BCUT2D eigenvalue weighted by atomic mass is 10.0. The molecule has 192 valence electrons. The van der Waals surface area contributed by atoms with E-state index in [2.05, 4.69) is 13.2 Å². The third-order valence-corrected chi connectivity index (χ3v) is 4.89. The maximum absolute atomic E-state index is 12.9. The number of benzene rings is 2. The number of anilines is 2. The van der Waals surface area contributed by atoms with Gasteiger partial charge in [-0.25, -0.2) is 19.6 Å². The summed E-state index contributed by atoms with van der Waals surface area (Å²) < 4.78 is 0. The number of hydrogen-bond donors (Lipinski definition) is 3. The molecule has 2 aromatic rings. The molecule has 1 atom stereocenters. The maximum atomic E-state index is 12.9. The van der Waals surface area contributed by atoms with Crippen LogP contribution in [0.4, 0.5) is 11.4 Å². The molecule has 3 N–H and O–H groups in total. The van der Waals surface area contributed by atoms with Crippen LogP contribution in [-0.2, 0) is 19.2 Å². The minimum atomic E-state index is -0.935. The quantitative estimate of drug-likeness (QED) is 0.370. The van der Waals surface area contributed by atoms with E-state index < -0.39 is 17.9 Å². The number of aliphatic carboxylic acids is 2. The van der Waals surface area contributed by atoms with Crippen molar-refractivity contribution in [2.75, 3.05) is 10.0 Å². The summed E-state index contributed by atoms with van der Waals surface area (Å²) in [6.45, 7) is 11.2. The molecular formula is C27H32N2O7. The molecule has 0 bridgehead atoms. The van der Waals surface area contributed by atoms with Gasteiger partial charge < -0.3 is 15.3 Å². The number of nitrogens with zero attached hydrogens (tertiary/aromatic N) is 2. The molecule has 9 heteroatoms. The summed E-state index contributed by atoms with van der Waals surface area (Å²) in [7, 11) is 0. The van der Waals surface area contributed by atoms with E-state index >= 15 is 0 Å². The van der Waals surface area contributed by atoms with Crippen molar-refractivity contribution in [1.82, 2.24) is 0 Å². The minimum absolute atomic E-state index is 0.116. The van der Waals surface area contributed by atoms with Crippen LogP contribution in [0, 0.1) is 5.92 Å². The fourth-order valence-electron chi connectivity index (χ4n) is 2.90. The predicted octanol–water partition coefficient (Wildman–Crippen LogP) is 4.79. The Morgan fingerprint density at radius 1 is 0.806 bits per heavy atom. The van der Waals surface area contributed by atoms with Crippen LogP contribution in [0.1, 0.15) is 40.0 Å². The average Bonchev–Trinajstić information content (AvgIpc) is 3.08. The van der Waals surface area contributed by atoms with Gasteiger partial charge in [0.25, 0.3) is 11.8 Å². The number of rotatable bonds is 7. The number of carbonyl (C=O) groups is 4. The topological polar surface area (TPSA) is 135 Å². The van der Waals surface area contributed by atoms with Gasteiger partial charge in [-0.05, 0) is 56.7 Å². The van der Waals surface area contributed by atoms with Gasteiger partial charge in [-0.1, -0.05) is 51.1 Å². The molecule has 0 radical (unpaired) electrons. The highest BCUT2D eigenvalue weighted by Gasteiger charge is 2.46. The highest BCUT2D eigenvalue weighted by molar-refractivity contribution is 6.23. The first-order chi connectivity index (χ1) is 16.9. The van der Waals surface area contributed by atoms with Crippen LogP contribution in [0.25, 0.3) is 0 Å². The Kier molecular flexibility index (Phi) is 11.6. The van der Waals surface area contributed by atoms with Crippen LogP contribution in [-0.4, -0.2) is 39.1 Å². The molecule has 0 spiro atoms. The van der Waals surface area contributed by atoms with Crippen LogP contribution in [0.15, 0.2) is 78.9 Å². The van der Waals surface area contributed by atoms with Gasteiger partial charge in [0, 0.05) is 11.1 Å². The number of hydrogen-bond acceptors (Lipinski definition) is 5. The number of amides is 2. The third kappa shape index (κ3) is 8.43. The molecule has 36 heavy (non-hydrogen) atoms. The lowest BCUT2D eigenvalue weighted by molar-refractivity contribution is -0.133. The molecule has 1 heterocycles. The van der Waals surface area contributed by atoms with E-state index in [1.807, 2.05) is 25.1 Å². The Bertz CT molecular complexity index is 1050. The van der Waals surface area contributed by atoms with E-state index in [1.54, 1.807) is 24.3 Å². The molecule has 0 saturated carbocycles. The van der Waals surface area contributed by atoms with Gasteiger partial charge in [-0.3, -0.25) is 9.59 Å². The van der Waals surface area contributed by atoms with E-state index in [4.69, 9.17) is 10.2 Å². The van der Waals surface area contributed by atoms with Crippen molar-refractivity contribution < 1.29 is 34.5 Å². The first-order valence-electron chi connectivity index (χ1n) is 11.2. The van der Waals surface area contributed by atoms with Gasteiger partial charge in [0.05, 0.1) is 11.4 Å². The van der Waals surface area contributed by atoms with Gasteiger partial charge in [0.15, 0.2) is 0 Å². The first-order valence-corrected chi connectivity index (χ1v) is 11.2. The number of phenolic OH excluding ortho intramolecular Hbond substituents is 1. The van der Waals surface area contributed by atoms with E-state index in [-0.39, 0.29) is 28.7 Å². The Morgan fingerprint density at radius 3 is 1.56 bits per heavy atom. The van der Waals surface area contributed by atoms with Crippen molar-refractivity contribution in [2.45, 2.75) is 40.0 Å². The monoisotopic (exact) mass is 496 g/mol. The number of phenols is 1. The number of aromatic hydroxyl groups is 1. The van der Waals surface area contributed by atoms with Gasteiger partial charge in [0.2, 0.25) is 0 Å². The smallest absolute Gasteiger partial charge is 0.330 e. The molecule has 3 rings (SSSR count). The Balaban J connectivity index is 0.000000450. The summed E-state index contributed by atoms with van der Waals surface area (Å²) in [6.07, 6.45) is 2.31. The molecule has 1 aliphatic rings. The molecule has 1 unspecified atom stereocenters. The van der Waals surface area contributed by atoms with Crippen LogP contribution in [0.3, 0.4) is 0 Å². The number of carboxylic acids is 2. The molecular weight excluding hydrogens is 464 g/mol. The highest BCUT2D eigenvalue weighted by Crippen LogP contribution is 2.34. The molecule has 1 saturated heterocycles. The van der Waals surface area contributed by atoms with Crippen molar-refractivity contribution >= 4 is 35.1 Å². The number of para-hydroxylation sites is 1. The predicted molar refractivity (Wildman–Crippen MR) is 137 cm³/mol. The largest absolute Gasteiger partial charge is 0.508 e. The zero-order valence-electron chi connectivity index (χ0n) is 20.7. The fraction of sp³-hybridized carbons (Fsp3) is 0.259. The van der Waals surface area contributed by atoms with Gasteiger partial charge in [0.1, 0.15) is 11.7 Å². The van der Waals surface area contributed by atoms with Crippen molar-refractivity contribution in [3.05, 3.63) is 78.9 Å². The third-order valence-electron chi connectivity index (χ3n) is 4.89. The Labute approximate surface area is 210 Å². The van der Waals surface area contributed by atoms with Gasteiger partial charge >= 0.3 is 11.9 Å². The van der Waals surface area contributed by atoms with Crippen LogP contribution in [0.5, 0.6) is 5.75 Å². The standard InChI is InChI=1S/C19H20N2O3.2C4H6O2/c1-2-3-9-17-18(23)20(14-7-5-4-6-8-14)21(19(17)24)15-10-12-16(22)13-11-15;2*1-3(2)4(5)6/h4-8,10-13,17,22H,2-3,9H2,1H3;2*1H2,2H3,(H,5,6).